The van der Waals surface area contributed by atoms with Crippen LogP contribution in [0.3, 0.4) is 0 Å². The first kappa shape index (κ1) is 29.7. The van der Waals surface area contributed by atoms with E-state index in [0.29, 0.717) is 51.2 Å². The van der Waals surface area contributed by atoms with E-state index in [-0.39, 0.29) is 18.0 Å². The third-order valence-electron chi connectivity index (χ3n) is 5.77. The van der Waals surface area contributed by atoms with Gasteiger partial charge in [0.05, 0.1) is 11.1 Å². The van der Waals surface area contributed by atoms with Crippen molar-refractivity contribution in [2.45, 2.75) is 20.1 Å². The minimum absolute atomic E-state index is 0.0987. The van der Waals surface area contributed by atoms with E-state index in [4.69, 9.17) is 25.8 Å². The Morgan fingerprint density at radius 2 is 1.73 bits per heavy atom. The summed E-state index contributed by atoms with van der Waals surface area (Å²) in [6, 6.07) is 25.6. The summed E-state index contributed by atoms with van der Waals surface area (Å²) in [4.78, 5) is 12.9. The number of nitrogens with one attached hydrogen (secondary N) is 1. The SMILES string of the molecule is CCOc1cc(/C=C(\C#N)C(=O)Nc2ccc(OCc3ccccc3Cl)cc2)cc(Br)c1OCc1ccc(F)cc1. The summed E-state index contributed by atoms with van der Waals surface area (Å²) < 4.78 is 31.3. The molecule has 4 aromatic carbocycles. The van der Waals surface area contributed by atoms with E-state index >= 15 is 0 Å². The second-order valence-electron chi connectivity index (χ2n) is 8.71. The van der Waals surface area contributed by atoms with Crippen molar-refractivity contribution in [2.75, 3.05) is 11.9 Å². The molecule has 1 amide bonds. The van der Waals surface area contributed by atoms with Crippen LogP contribution in [0.1, 0.15) is 23.6 Å². The van der Waals surface area contributed by atoms with Crippen LogP contribution in [0.4, 0.5) is 10.1 Å². The first-order chi connectivity index (χ1) is 19.9. The lowest BCUT2D eigenvalue weighted by Gasteiger charge is -2.15. The summed E-state index contributed by atoms with van der Waals surface area (Å²) in [7, 11) is 0. The van der Waals surface area contributed by atoms with E-state index in [1.54, 1.807) is 54.6 Å². The molecule has 0 spiro atoms. The Kier molecular flexibility index (Phi) is 10.4. The molecule has 0 radical (unpaired) electrons. The Labute approximate surface area is 251 Å². The number of amides is 1. The van der Waals surface area contributed by atoms with E-state index < -0.39 is 5.91 Å². The van der Waals surface area contributed by atoms with Gasteiger partial charge in [0, 0.05) is 16.3 Å². The molecule has 4 aromatic rings. The van der Waals surface area contributed by atoms with Gasteiger partial charge in [0.25, 0.3) is 5.91 Å². The molecule has 1 N–H and O–H groups in total. The molecule has 0 bridgehead atoms. The number of halogens is 3. The van der Waals surface area contributed by atoms with Crippen LogP contribution in [-0.4, -0.2) is 12.5 Å². The molecule has 0 heterocycles. The Bertz CT molecular complexity index is 1590. The van der Waals surface area contributed by atoms with Gasteiger partial charge in [-0.05, 0) is 94.7 Å². The summed E-state index contributed by atoms with van der Waals surface area (Å²) in [6.07, 6.45) is 1.47. The lowest BCUT2D eigenvalue weighted by Crippen LogP contribution is -2.13. The molecule has 41 heavy (non-hydrogen) atoms. The molecule has 0 unspecified atom stereocenters. The van der Waals surface area contributed by atoms with Gasteiger partial charge in [-0.1, -0.05) is 41.9 Å². The Morgan fingerprint density at radius 3 is 2.41 bits per heavy atom. The van der Waals surface area contributed by atoms with Crippen molar-refractivity contribution < 1.29 is 23.4 Å². The van der Waals surface area contributed by atoms with E-state index in [2.05, 4.69) is 21.2 Å². The molecule has 0 saturated carbocycles. The molecule has 9 heteroatoms. The monoisotopic (exact) mass is 634 g/mol. The van der Waals surface area contributed by atoms with Gasteiger partial charge in [-0.15, -0.1) is 0 Å². The number of rotatable bonds is 11. The van der Waals surface area contributed by atoms with Crippen LogP contribution in [0, 0.1) is 17.1 Å². The number of carbonyl (C=O) groups excluding carboxylic acids is 1. The first-order valence-corrected chi connectivity index (χ1v) is 13.8. The van der Waals surface area contributed by atoms with Gasteiger partial charge in [-0.2, -0.15) is 5.26 Å². The summed E-state index contributed by atoms with van der Waals surface area (Å²) in [5.74, 6) is 0.597. The maximum atomic E-state index is 13.2. The van der Waals surface area contributed by atoms with Gasteiger partial charge in [0.2, 0.25) is 0 Å². The summed E-state index contributed by atoms with van der Waals surface area (Å²) in [6.45, 7) is 2.71. The van der Waals surface area contributed by atoms with Crippen LogP contribution < -0.4 is 19.5 Å². The molecule has 208 valence electrons. The fourth-order valence-electron chi connectivity index (χ4n) is 3.74. The van der Waals surface area contributed by atoms with Crippen molar-refractivity contribution in [2.24, 2.45) is 0 Å². The summed E-state index contributed by atoms with van der Waals surface area (Å²) >= 11 is 9.67. The molecular formula is C32H25BrClFN2O4. The van der Waals surface area contributed by atoms with Gasteiger partial charge >= 0.3 is 0 Å². The lowest BCUT2D eigenvalue weighted by molar-refractivity contribution is -0.112. The van der Waals surface area contributed by atoms with Gasteiger partial charge in [-0.3, -0.25) is 4.79 Å². The number of ether oxygens (including phenoxy) is 3. The second kappa shape index (κ2) is 14.4. The van der Waals surface area contributed by atoms with Crippen LogP contribution in [0.5, 0.6) is 17.2 Å². The van der Waals surface area contributed by atoms with Crippen LogP contribution in [-0.2, 0) is 18.0 Å². The first-order valence-electron chi connectivity index (χ1n) is 12.6. The van der Waals surface area contributed by atoms with E-state index in [9.17, 15) is 14.4 Å². The van der Waals surface area contributed by atoms with Crippen molar-refractivity contribution in [3.05, 3.63) is 123 Å². The van der Waals surface area contributed by atoms with Gasteiger partial charge in [-0.25, -0.2) is 4.39 Å². The number of benzene rings is 4. The van der Waals surface area contributed by atoms with Crippen LogP contribution in [0.2, 0.25) is 5.02 Å². The predicted octanol–water partition coefficient (Wildman–Crippen LogP) is 8.34. The van der Waals surface area contributed by atoms with Crippen molar-refractivity contribution in [3.8, 4) is 23.3 Å². The highest BCUT2D eigenvalue weighted by atomic mass is 79.9. The number of nitrogens with zero attached hydrogens (tertiary/aromatic N) is 1. The predicted molar refractivity (Wildman–Crippen MR) is 160 cm³/mol. The zero-order valence-corrected chi connectivity index (χ0v) is 24.3. The molecule has 6 nitrogen and oxygen atoms in total. The van der Waals surface area contributed by atoms with Gasteiger partial charge < -0.3 is 19.5 Å². The third kappa shape index (κ3) is 8.34. The number of carbonyl (C=O) groups is 1. The second-order valence-corrected chi connectivity index (χ2v) is 9.97. The highest BCUT2D eigenvalue weighted by Gasteiger charge is 2.15. The molecule has 0 fully saturated rings. The van der Waals surface area contributed by atoms with Crippen molar-refractivity contribution >= 4 is 45.2 Å². The molecule has 0 aliphatic heterocycles. The van der Waals surface area contributed by atoms with E-state index in [0.717, 1.165) is 11.1 Å². The zero-order chi connectivity index (χ0) is 29.2. The fraction of sp³-hybridized carbons (Fsp3) is 0.125. The highest BCUT2D eigenvalue weighted by molar-refractivity contribution is 9.10. The van der Waals surface area contributed by atoms with Crippen LogP contribution in [0.15, 0.2) is 95.0 Å². The van der Waals surface area contributed by atoms with Crippen molar-refractivity contribution in [1.82, 2.24) is 0 Å². The highest BCUT2D eigenvalue weighted by Crippen LogP contribution is 2.38. The van der Waals surface area contributed by atoms with E-state index in [1.165, 1.54) is 18.2 Å². The topological polar surface area (TPSA) is 80.6 Å². The quantitative estimate of drug-likeness (QED) is 0.132. The van der Waals surface area contributed by atoms with Crippen LogP contribution in [0.25, 0.3) is 6.08 Å². The summed E-state index contributed by atoms with van der Waals surface area (Å²) in [5, 5.41) is 13.1. The lowest BCUT2D eigenvalue weighted by atomic mass is 10.1. The van der Waals surface area contributed by atoms with E-state index in [1.807, 2.05) is 31.2 Å². The standard InChI is InChI=1S/C32H25BrClFN2O4/c1-2-39-30-17-22(16-28(33)31(30)41-19-21-7-9-25(35)10-8-21)15-24(18-36)32(38)37-26-11-13-27(14-12-26)40-20-23-5-3-4-6-29(23)34/h3-17H,2,19-20H2,1H3,(H,37,38)/b24-15+. The fourth-order valence-corrected chi connectivity index (χ4v) is 4.50. The Hall–Kier alpha value is -4.32. The Morgan fingerprint density at radius 1 is 1.00 bits per heavy atom. The van der Waals surface area contributed by atoms with Gasteiger partial charge in [0.15, 0.2) is 11.5 Å². The third-order valence-corrected chi connectivity index (χ3v) is 6.73. The number of nitriles is 1. The smallest absolute Gasteiger partial charge is 0.266 e. The molecule has 0 aromatic heterocycles. The normalized spacial score (nSPS) is 11.0. The Balaban J connectivity index is 1.44. The number of anilines is 1. The average molecular weight is 636 g/mol. The molecule has 0 atom stereocenters. The molecule has 0 aliphatic rings. The molecule has 0 aliphatic carbocycles. The minimum atomic E-state index is -0.567. The number of hydrogen-bond acceptors (Lipinski definition) is 5. The average Bonchev–Trinajstić information content (AvgIpc) is 2.97. The largest absolute Gasteiger partial charge is 0.490 e. The molecular weight excluding hydrogens is 611 g/mol. The number of hydrogen-bond donors (Lipinski definition) is 1. The molecule has 0 saturated heterocycles. The summed E-state index contributed by atoms with van der Waals surface area (Å²) in [5.41, 5.74) is 2.61. The van der Waals surface area contributed by atoms with Crippen molar-refractivity contribution in [3.63, 3.8) is 0 Å². The maximum Gasteiger partial charge on any atom is 0.266 e. The molecule has 4 rings (SSSR count). The maximum absolute atomic E-state index is 13.2. The van der Waals surface area contributed by atoms with Crippen LogP contribution >= 0.6 is 27.5 Å². The zero-order valence-electron chi connectivity index (χ0n) is 22.0. The minimum Gasteiger partial charge on any atom is -0.490 e. The van der Waals surface area contributed by atoms with Crippen molar-refractivity contribution in [1.29, 1.82) is 5.26 Å². The van der Waals surface area contributed by atoms with Gasteiger partial charge in [0.1, 0.15) is 36.4 Å².